The molecule has 0 aliphatic rings. The van der Waals surface area contributed by atoms with Gasteiger partial charge in [0.15, 0.2) is 0 Å². The van der Waals surface area contributed by atoms with Gasteiger partial charge in [-0.05, 0) is 18.4 Å². The van der Waals surface area contributed by atoms with E-state index in [0.717, 1.165) is 6.54 Å². The molecule has 0 aliphatic heterocycles. The van der Waals surface area contributed by atoms with E-state index in [1.165, 1.54) is 5.56 Å². The molecule has 0 fully saturated rings. The molecule has 1 unspecified atom stereocenters. The van der Waals surface area contributed by atoms with Crippen LogP contribution in [0.2, 0.25) is 0 Å². The molecular weight excluding hydrogens is 226 g/mol. The third kappa shape index (κ3) is 5.32. The van der Waals surface area contributed by atoms with Gasteiger partial charge in [0.05, 0.1) is 13.0 Å². The smallest absolute Gasteiger partial charge is 0.307 e. The van der Waals surface area contributed by atoms with Gasteiger partial charge < -0.3 is 10.1 Å². The molecule has 3 nitrogen and oxygen atoms in total. The molecule has 1 N–H and O–H groups in total. The SMILES string of the molecule is CCOC(=O)CC(NCc1ccccc1)C(C)C. The minimum atomic E-state index is -0.128. The first-order valence-corrected chi connectivity index (χ1v) is 6.56. The molecule has 0 aliphatic carbocycles. The first kappa shape index (κ1) is 14.7. The van der Waals surface area contributed by atoms with Crippen LogP contribution in [0.4, 0.5) is 0 Å². The number of esters is 1. The number of carbonyl (C=O) groups excluding carboxylic acids is 1. The number of hydrogen-bond acceptors (Lipinski definition) is 3. The standard InChI is InChI=1S/C15H23NO2/c1-4-18-15(17)10-14(12(2)3)16-11-13-8-6-5-7-9-13/h5-9,12,14,16H,4,10-11H2,1-3H3. The lowest BCUT2D eigenvalue weighted by molar-refractivity contribution is -0.144. The predicted molar refractivity (Wildman–Crippen MR) is 73.2 cm³/mol. The van der Waals surface area contributed by atoms with E-state index in [1.54, 1.807) is 0 Å². The van der Waals surface area contributed by atoms with Crippen molar-refractivity contribution in [2.45, 2.75) is 39.8 Å². The van der Waals surface area contributed by atoms with E-state index in [0.29, 0.717) is 18.9 Å². The molecule has 0 aromatic heterocycles. The van der Waals surface area contributed by atoms with Crippen LogP contribution in [0.5, 0.6) is 0 Å². The zero-order valence-corrected chi connectivity index (χ0v) is 11.5. The van der Waals surface area contributed by atoms with E-state index in [9.17, 15) is 4.79 Å². The summed E-state index contributed by atoms with van der Waals surface area (Å²) in [5, 5.41) is 3.42. The van der Waals surface area contributed by atoms with Crippen molar-refractivity contribution < 1.29 is 9.53 Å². The Labute approximate surface area is 110 Å². The van der Waals surface area contributed by atoms with Crippen LogP contribution < -0.4 is 5.32 Å². The Hall–Kier alpha value is -1.35. The normalized spacial score (nSPS) is 12.4. The number of rotatable bonds is 7. The molecule has 0 heterocycles. The lowest BCUT2D eigenvalue weighted by atomic mass is 10.0. The first-order chi connectivity index (χ1) is 8.63. The van der Waals surface area contributed by atoms with Crippen molar-refractivity contribution in [2.24, 2.45) is 5.92 Å². The molecule has 1 aromatic rings. The highest BCUT2D eigenvalue weighted by Gasteiger charge is 2.17. The largest absolute Gasteiger partial charge is 0.466 e. The minimum Gasteiger partial charge on any atom is -0.466 e. The molecule has 0 saturated carbocycles. The summed E-state index contributed by atoms with van der Waals surface area (Å²) in [6.45, 7) is 7.29. The molecule has 0 bridgehead atoms. The number of nitrogens with one attached hydrogen (secondary N) is 1. The fraction of sp³-hybridized carbons (Fsp3) is 0.533. The van der Waals surface area contributed by atoms with Gasteiger partial charge in [0, 0.05) is 12.6 Å². The number of carbonyl (C=O) groups is 1. The zero-order chi connectivity index (χ0) is 13.4. The summed E-state index contributed by atoms with van der Waals surface area (Å²) in [6.07, 6.45) is 0.429. The van der Waals surface area contributed by atoms with E-state index in [1.807, 2.05) is 25.1 Å². The van der Waals surface area contributed by atoms with E-state index in [2.05, 4.69) is 31.3 Å². The highest BCUT2D eigenvalue weighted by molar-refractivity contribution is 5.70. The van der Waals surface area contributed by atoms with Gasteiger partial charge in [-0.1, -0.05) is 44.2 Å². The number of benzene rings is 1. The Morgan fingerprint density at radius 2 is 1.94 bits per heavy atom. The fourth-order valence-corrected chi connectivity index (χ4v) is 1.79. The Kier molecular flexibility index (Phi) is 6.44. The van der Waals surface area contributed by atoms with E-state index < -0.39 is 0 Å². The van der Waals surface area contributed by atoms with Gasteiger partial charge in [0.1, 0.15) is 0 Å². The molecule has 0 radical (unpaired) electrons. The molecular formula is C15H23NO2. The molecule has 1 aromatic carbocycles. The van der Waals surface area contributed by atoms with Crippen LogP contribution in [0.15, 0.2) is 30.3 Å². The summed E-state index contributed by atoms with van der Waals surface area (Å²) in [6, 6.07) is 10.4. The van der Waals surface area contributed by atoms with Crippen LogP contribution in [-0.2, 0) is 16.1 Å². The average Bonchev–Trinajstić information content (AvgIpc) is 2.35. The topological polar surface area (TPSA) is 38.3 Å². The molecule has 1 atom stereocenters. The minimum absolute atomic E-state index is 0.128. The van der Waals surface area contributed by atoms with Crippen LogP contribution in [0.1, 0.15) is 32.8 Å². The molecule has 0 amide bonds. The van der Waals surface area contributed by atoms with E-state index in [-0.39, 0.29) is 12.0 Å². The zero-order valence-electron chi connectivity index (χ0n) is 11.5. The Morgan fingerprint density at radius 3 is 2.50 bits per heavy atom. The monoisotopic (exact) mass is 249 g/mol. The molecule has 1 rings (SSSR count). The Morgan fingerprint density at radius 1 is 1.28 bits per heavy atom. The van der Waals surface area contributed by atoms with Gasteiger partial charge in [-0.2, -0.15) is 0 Å². The number of hydrogen-bond donors (Lipinski definition) is 1. The van der Waals surface area contributed by atoms with E-state index >= 15 is 0 Å². The highest BCUT2D eigenvalue weighted by Crippen LogP contribution is 2.09. The predicted octanol–water partition coefficient (Wildman–Crippen LogP) is 2.75. The third-order valence-electron chi connectivity index (χ3n) is 2.91. The van der Waals surface area contributed by atoms with Crippen LogP contribution in [0, 0.1) is 5.92 Å². The average molecular weight is 249 g/mol. The summed E-state index contributed by atoms with van der Waals surface area (Å²) in [4.78, 5) is 11.5. The van der Waals surface area contributed by atoms with Gasteiger partial charge in [-0.25, -0.2) is 0 Å². The second kappa shape index (κ2) is 7.88. The maximum atomic E-state index is 11.5. The highest BCUT2D eigenvalue weighted by atomic mass is 16.5. The van der Waals surface area contributed by atoms with Crippen molar-refractivity contribution in [1.82, 2.24) is 5.32 Å². The Bertz CT molecular complexity index is 349. The van der Waals surface area contributed by atoms with Gasteiger partial charge in [0.25, 0.3) is 0 Å². The fourth-order valence-electron chi connectivity index (χ4n) is 1.79. The summed E-state index contributed by atoms with van der Waals surface area (Å²) < 4.78 is 5.00. The van der Waals surface area contributed by atoms with Crippen molar-refractivity contribution in [3.63, 3.8) is 0 Å². The lowest BCUT2D eigenvalue weighted by Crippen LogP contribution is -2.35. The van der Waals surface area contributed by atoms with Crippen LogP contribution >= 0.6 is 0 Å². The molecule has 0 saturated heterocycles. The van der Waals surface area contributed by atoms with Gasteiger partial charge in [0.2, 0.25) is 0 Å². The third-order valence-corrected chi connectivity index (χ3v) is 2.91. The second-order valence-electron chi connectivity index (χ2n) is 4.73. The van der Waals surface area contributed by atoms with Crippen LogP contribution in [0.25, 0.3) is 0 Å². The molecule has 3 heteroatoms. The quantitative estimate of drug-likeness (QED) is 0.755. The summed E-state index contributed by atoms with van der Waals surface area (Å²) in [7, 11) is 0. The van der Waals surface area contributed by atoms with Crippen molar-refractivity contribution >= 4 is 5.97 Å². The lowest BCUT2D eigenvalue weighted by Gasteiger charge is -2.21. The summed E-state index contributed by atoms with van der Waals surface area (Å²) in [5.74, 6) is 0.273. The number of ether oxygens (including phenoxy) is 1. The molecule has 18 heavy (non-hydrogen) atoms. The van der Waals surface area contributed by atoms with Crippen molar-refractivity contribution in [2.75, 3.05) is 6.61 Å². The maximum Gasteiger partial charge on any atom is 0.307 e. The summed E-state index contributed by atoms with van der Waals surface area (Å²) >= 11 is 0. The van der Waals surface area contributed by atoms with Crippen LogP contribution in [-0.4, -0.2) is 18.6 Å². The second-order valence-corrected chi connectivity index (χ2v) is 4.73. The van der Waals surface area contributed by atoms with Crippen molar-refractivity contribution in [1.29, 1.82) is 0 Å². The van der Waals surface area contributed by atoms with Crippen molar-refractivity contribution in [3.05, 3.63) is 35.9 Å². The van der Waals surface area contributed by atoms with Crippen molar-refractivity contribution in [3.8, 4) is 0 Å². The maximum absolute atomic E-state index is 11.5. The van der Waals surface area contributed by atoms with Gasteiger partial charge in [-0.3, -0.25) is 4.79 Å². The Balaban J connectivity index is 2.46. The van der Waals surface area contributed by atoms with Crippen LogP contribution in [0.3, 0.4) is 0 Å². The van der Waals surface area contributed by atoms with E-state index in [4.69, 9.17) is 4.74 Å². The van der Waals surface area contributed by atoms with Gasteiger partial charge >= 0.3 is 5.97 Å². The first-order valence-electron chi connectivity index (χ1n) is 6.56. The van der Waals surface area contributed by atoms with Gasteiger partial charge in [-0.15, -0.1) is 0 Å². The summed E-state index contributed by atoms with van der Waals surface area (Å²) in [5.41, 5.74) is 1.23. The molecule has 100 valence electrons. The molecule has 0 spiro atoms.